The molecule has 132 valence electrons. The maximum atomic E-state index is 12.8. The zero-order chi connectivity index (χ0) is 17.9. The Balaban J connectivity index is 2.27. The van der Waals surface area contributed by atoms with Gasteiger partial charge in [-0.05, 0) is 48.8 Å². The minimum atomic E-state index is -4.16. The molecule has 0 heterocycles. The fraction of sp³-hybridized carbons (Fsp3) is 0.526. The van der Waals surface area contributed by atoms with Gasteiger partial charge in [0.1, 0.15) is 0 Å². The molecule has 1 aliphatic rings. The Morgan fingerprint density at radius 1 is 1.33 bits per heavy atom. The number of carbonyl (C=O) groups is 1. The van der Waals surface area contributed by atoms with E-state index in [9.17, 15) is 18.0 Å². The summed E-state index contributed by atoms with van der Waals surface area (Å²) in [5.74, 6) is -1.47. The second kappa shape index (κ2) is 7.41. The van der Waals surface area contributed by atoms with Crippen LogP contribution >= 0.6 is 0 Å². The minimum Gasteiger partial charge on any atom is -0.462 e. The van der Waals surface area contributed by atoms with Crippen molar-refractivity contribution >= 4 is 11.5 Å². The van der Waals surface area contributed by atoms with Gasteiger partial charge in [-0.2, -0.15) is 13.2 Å². The van der Waals surface area contributed by atoms with Gasteiger partial charge in [-0.15, -0.1) is 0 Å². The molecule has 1 atom stereocenters. The highest BCUT2D eigenvalue weighted by atomic mass is 19.4. The molecule has 0 spiro atoms. The Bertz CT molecular complexity index is 630. The summed E-state index contributed by atoms with van der Waals surface area (Å²) in [5.41, 5.74) is 2.75. The summed E-state index contributed by atoms with van der Waals surface area (Å²) in [6.07, 6.45) is -2.20. The first kappa shape index (κ1) is 18.6. The van der Waals surface area contributed by atoms with E-state index in [1.54, 1.807) is 12.1 Å². The summed E-state index contributed by atoms with van der Waals surface area (Å²) >= 11 is 0. The van der Waals surface area contributed by atoms with E-state index in [1.807, 2.05) is 32.9 Å². The van der Waals surface area contributed by atoms with Gasteiger partial charge in [0.05, 0.1) is 18.1 Å². The molecule has 2 nitrogen and oxygen atoms in total. The van der Waals surface area contributed by atoms with Crippen molar-refractivity contribution in [1.82, 2.24) is 0 Å². The molecule has 0 amide bonds. The number of benzene rings is 1. The van der Waals surface area contributed by atoms with E-state index < -0.39 is 18.1 Å². The summed E-state index contributed by atoms with van der Waals surface area (Å²) in [5, 5.41) is 0. The van der Waals surface area contributed by atoms with E-state index in [4.69, 9.17) is 4.74 Å². The molecule has 1 aliphatic carbocycles. The second-order valence-electron chi connectivity index (χ2n) is 6.73. The molecular weight excluding hydrogens is 317 g/mol. The van der Waals surface area contributed by atoms with Gasteiger partial charge >= 0.3 is 12.1 Å². The Morgan fingerprint density at radius 3 is 2.58 bits per heavy atom. The van der Waals surface area contributed by atoms with Gasteiger partial charge in [0.25, 0.3) is 0 Å². The SMILES string of the molecule is Cc1cccc(C2=CCC(C(F)(F)F)CC2)c1C(=O)OCC(C)C. The van der Waals surface area contributed by atoms with E-state index in [-0.39, 0.29) is 18.8 Å². The number of halogens is 3. The molecule has 0 fully saturated rings. The third kappa shape index (κ3) is 4.40. The Kier molecular flexibility index (Phi) is 5.73. The number of ether oxygens (including phenoxy) is 1. The lowest BCUT2D eigenvalue weighted by Gasteiger charge is -2.25. The maximum Gasteiger partial charge on any atom is 0.392 e. The smallest absolute Gasteiger partial charge is 0.392 e. The molecular formula is C19H23F3O2. The molecule has 24 heavy (non-hydrogen) atoms. The topological polar surface area (TPSA) is 26.3 Å². The van der Waals surface area contributed by atoms with E-state index in [1.165, 1.54) is 0 Å². The Hall–Kier alpha value is -1.78. The number of aryl methyl sites for hydroxylation is 1. The van der Waals surface area contributed by atoms with Gasteiger partial charge in [0.2, 0.25) is 0 Å². The fourth-order valence-corrected chi connectivity index (χ4v) is 2.90. The molecule has 0 bridgehead atoms. The van der Waals surface area contributed by atoms with E-state index >= 15 is 0 Å². The minimum absolute atomic E-state index is 0.0345. The van der Waals surface area contributed by atoms with Crippen LogP contribution < -0.4 is 0 Å². The van der Waals surface area contributed by atoms with Gasteiger partial charge in [-0.25, -0.2) is 4.79 Å². The summed E-state index contributed by atoms with van der Waals surface area (Å²) < 4.78 is 43.8. The number of hydrogen-bond donors (Lipinski definition) is 0. The highest BCUT2D eigenvalue weighted by Crippen LogP contribution is 2.40. The maximum absolute atomic E-state index is 12.8. The van der Waals surface area contributed by atoms with Gasteiger partial charge < -0.3 is 4.74 Å². The Labute approximate surface area is 140 Å². The van der Waals surface area contributed by atoms with Gasteiger partial charge in [0, 0.05) is 0 Å². The lowest BCUT2D eigenvalue weighted by molar-refractivity contribution is -0.175. The quantitative estimate of drug-likeness (QED) is 0.671. The molecule has 0 N–H and O–H groups in total. The first-order valence-electron chi connectivity index (χ1n) is 8.23. The zero-order valence-electron chi connectivity index (χ0n) is 14.2. The number of carbonyl (C=O) groups excluding carboxylic acids is 1. The van der Waals surface area contributed by atoms with Crippen LogP contribution in [-0.4, -0.2) is 18.8 Å². The van der Waals surface area contributed by atoms with Crippen LogP contribution in [0, 0.1) is 18.8 Å². The predicted molar refractivity (Wildman–Crippen MR) is 87.7 cm³/mol. The van der Waals surface area contributed by atoms with E-state index in [2.05, 4.69) is 0 Å². The van der Waals surface area contributed by atoms with Crippen molar-refractivity contribution in [1.29, 1.82) is 0 Å². The third-order valence-electron chi connectivity index (χ3n) is 4.24. The molecule has 0 saturated heterocycles. The summed E-state index contributed by atoms with van der Waals surface area (Å²) in [7, 11) is 0. The standard InChI is InChI=1S/C19H23F3O2/c1-12(2)11-24-18(23)17-13(3)5-4-6-16(17)14-7-9-15(10-8-14)19(20,21)22/h4-7,12,15H,8-11H2,1-3H3. The number of alkyl halides is 3. The van der Waals surface area contributed by atoms with Crippen LogP contribution in [0.4, 0.5) is 13.2 Å². The van der Waals surface area contributed by atoms with Crippen molar-refractivity contribution in [3.63, 3.8) is 0 Å². The summed E-state index contributed by atoms with van der Waals surface area (Å²) in [6.45, 7) is 6.04. The van der Waals surface area contributed by atoms with Crippen molar-refractivity contribution < 1.29 is 22.7 Å². The molecule has 2 rings (SSSR count). The van der Waals surface area contributed by atoms with Crippen LogP contribution in [0.1, 0.15) is 54.6 Å². The van der Waals surface area contributed by atoms with E-state index in [0.29, 0.717) is 24.2 Å². The van der Waals surface area contributed by atoms with E-state index in [0.717, 1.165) is 11.1 Å². The number of hydrogen-bond acceptors (Lipinski definition) is 2. The molecule has 1 aromatic rings. The Morgan fingerprint density at radius 2 is 2.04 bits per heavy atom. The molecule has 0 saturated carbocycles. The summed E-state index contributed by atoms with van der Waals surface area (Å²) in [4.78, 5) is 12.4. The van der Waals surface area contributed by atoms with Crippen molar-refractivity contribution in [2.75, 3.05) is 6.61 Å². The second-order valence-corrected chi connectivity index (χ2v) is 6.73. The normalized spacial score (nSPS) is 18.5. The number of allylic oxidation sites excluding steroid dienone is 2. The average Bonchev–Trinajstić information content (AvgIpc) is 2.51. The molecule has 0 radical (unpaired) electrons. The summed E-state index contributed by atoms with van der Waals surface area (Å²) in [6, 6.07) is 5.43. The molecule has 1 unspecified atom stereocenters. The first-order chi connectivity index (χ1) is 11.2. The van der Waals surface area contributed by atoms with Gasteiger partial charge in [-0.3, -0.25) is 0 Å². The van der Waals surface area contributed by atoms with Crippen molar-refractivity contribution in [2.24, 2.45) is 11.8 Å². The highest BCUT2D eigenvalue weighted by molar-refractivity contribution is 5.97. The molecule has 1 aromatic carbocycles. The van der Waals surface area contributed by atoms with Gasteiger partial charge in [-0.1, -0.05) is 38.1 Å². The highest BCUT2D eigenvalue weighted by Gasteiger charge is 2.40. The lowest BCUT2D eigenvalue weighted by atomic mass is 9.84. The van der Waals surface area contributed by atoms with Crippen LogP contribution in [0.5, 0.6) is 0 Å². The van der Waals surface area contributed by atoms with Gasteiger partial charge in [0.15, 0.2) is 0 Å². The zero-order valence-corrected chi connectivity index (χ0v) is 14.2. The van der Waals surface area contributed by atoms with Crippen LogP contribution in [0.3, 0.4) is 0 Å². The van der Waals surface area contributed by atoms with Crippen LogP contribution in [0.25, 0.3) is 5.57 Å². The third-order valence-corrected chi connectivity index (χ3v) is 4.24. The molecule has 0 aromatic heterocycles. The van der Waals surface area contributed by atoms with Crippen molar-refractivity contribution in [3.05, 3.63) is 41.0 Å². The van der Waals surface area contributed by atoms with Crippen LogP contribution in [0.15, 0.2) is 24.3 Å². The van der Waals surface area contributed by atoms with Crippen LogP contribution in [-0.2, 0) is 4.74 Å². The first-order valence-corrected chi connectivity index (χ1v) is 8.23. The monoisotopic (exact) mass is 340 g/mol. The van der Waals surface area contributed by atoms with Crippen molar-refractivity contribution in [2.45, 2.75) is 46.2 Å². The number of rotatable bonds is 4. The lowest BCUT2D eigenvalue weighted by Crippen LogP contribution is -2.24. The van der Waals surface area contributed by atoms with Crippen LogP contribution in [0.2, 0.25) is 0 Å². The van der Waals surface area contributed by atoms with Crippen molar-refractivity contribution in [3.8, 4) is 0 Å². The number of esters is 1. The average molecular weight is 340 g/mol. The molecule has 0 aliphatic heterocycles. The predicted octanol–water partition coefficient (Wildman–Crippen LogP) is 5.55. The largest absolute Gasteiger partial charge is 0.462 e. The fourth-order valence-electron chi connectivity index (χ4n) is 2.90. The molecule has 5 heteroatoms.